The molecule has 1 aromatic heterocycles. The average Bonchev–Trinajstić information content (AvgIpc) is 2.69. The molecule has 1 amide bonds. The summed E-state index contributed by atoms with van der Waals surface area (Å²) in [6, 6.07) is 17.2. The molecule has 0 bridgehead atoms. The van der Waals surface area contributed by atoms with Crippen LogP contribution in [0.3, 0.4) is 0 Å². The summed E-state index contributed by atoms with van der Waals surface area (Å²) in [6.45, 7) is 6.55. The molecule has 1 N–H and O–H groups in total. The number of amides is 1. The predicted octanol–water partition coefficient (Wildman–Crippen LogP) is 3.70. The minimum atomic E-state index is -0.0899. The van der Waals surface area contributed by atoms with E-state index in [0.29, 0.717) is 28.5 Å². The third kappa shape index (κ3) is 4.81. The van der Waals surface area contributed by atoms with E-state index in [2.05, 4.69) is 24.1 Å². The minimum absolute atomic E-state index is 0.0557. The van der Waals surface area contributed by atoms with Crippen LogP contribution in [0.15, 0.2) is 64.5 Å². The largest absolute Gasteiger partial charge is 0.353 e. The van der Waals surface area contributed by atoms with Crippen LogP contribution in [0, 0.1) is 5.92 Å². The Morgan fingerprint density at radius 3 is 2.46 bits per heavy atom. The lowest BCUT2D eigenvalue weighted by molar-refractivity contribution is -0.119. The molecule has 0 fully saturated rings. The first-order chi connectivity index (χ1) is 13.5. The van der Waals surface area contributed by atoms with Gasteiger partial charge in [0.2, 0.25) is 5.91 Å². The molecule has 0 spiro atoms. The molecule has 0 saturated carbocycles. The van der Waals surface area contributed by atoms with Gasteiger partial charge >= 0.3 is 0 Å². The number of hydrogen-bond donors (Lipinski definition) is 1. The van der Waals surface area contributed by atoms with Gasteiger partial charge in [-0.15, -0.1) is 0 Å². The van der Waals surface area contributed by atoms with Crippen LogP contribution in [0.4, 0.5) is 0 Å². The van der Waals surface area contributed by atoms with Crippen molar-refractivity contribution in [3.05, 3.63) is 70.5 Å². The van der Waals surface area contributed by atoms with E-state index in [1.807, 2.05) is 55.5 Å². The lowest BCUT2D eigenvalue weighted by atomic mass is 10.1. The van der Waals surface area contributed by atoms with Crippen molar-refractivity contribution in [1.29, 1.82) is 0 Å². The van der Waals surface area contributed by atoms with Crippen molar-refractivity contribution in [2.24, 2.45) is 5.92 Å². The summed E-state index contributed by atoms with van der Waals surface area (Å²) >= 11 is 1.30. The number of rotatable bonds is 7. The van der Waals surface area contributed by atoms with Crippen LogP contribution in [-0.2, 0) is 11.3 Å². The third-order valence-electron chi connectivity index (χ3n) is 4.73. The maximum Gasteiger partial charge on any atom is 0.262 e. The zero-order valence-electron chi connectivity index (χ0n) is 16.4. The van der Waals surface area contributed by atoms with Crippen molar-refractivity contribution in [2.75, 3.05) is 5.75 Å². The minimum Gasteiger partial charge on any atom is -0.353 e. The number of para-hydroxylation sites is 1. The Balaban J connectivity index is 1.90. The molecule has 0 aliphatic rings. The van der Waals surface area contributed by atoms with E-state index in [0.717, 1.165) is 5.56 Å². The molecule has 0 aliphatic carbocycles. The number of hydrogen-bond acceptors (Lipinski definition) is 4. The second-order valence-corrected chi connectivity index (χ2v) is 8.12. The van der Waals surface area contributed by atoms with Crippen LogP contribution in [0.25, 0.3) is 10.9 Å². The second kappa shape index (κ2) is 9.06. The van der Waals surface area contributed by atoms with Crippen LogP contribution in [0.1, 0.15) is 26.3 Å². The Labute approximate surface area is 169 Å². The highest BCUT2D eigenvalue weighted by Crippen LogP contribution is 2.19. The second-order valence-electron chi connectivity index (χ2n) is 7.18. The topological polar surface area (TPSA) is 64.0 Å². The number of carbonyl (C=O) groups excluding carboxylic acids is 1. The van der Waals surface area contributed by atoms with Gasteiger partial charge < -0.3 is 5.32 Å². The standard InChI is InChI=1S/C22H25N3O2S/c1-15(2)16(3)23-20(26)14-28-22-24-19-12-8-7-11-18(19)21(27)25(22)13-17-9-5-4-6-10-17/h4-12,15-16H,13-14H2,1-3H3,(H,23,26)/t16-/m0/s1. The molecule has 6 heteroatoms. The summed E-state index contributed by atoms with van der Waals surface area (Å²) in [7, 11) is 0. The SMILES string of the molecule is CC(C)[C@H](C)NC(=O)CSc1nc2ccccc2c(=O)n1Cc1ccccc1. The Morgan fingerprint density at radius 2 is 1.75 bits per heavy atom. The summed E-state index contributed by atoms with van der Waals surface area (Å²) in [5.74, 6) is 0.528. The van der Waals surface area contributed by atoms with Crippen molar-refractivity contribution < 1.29 is 4.79 Å². The third-order valence-corrected chi connectivity index (χ3v) is 5.71. The van der Waals surface area contributed by atoms with E-state index in [9.17, 15) is 9.59 Å². The molecule has 0 radical (unpaired) electrons. The predicted molar refractivity (Wildman–Crippen MR) is 115 cm³/mol. The van der Waals surface area contributed by atoms with Gasteiger partial charge in [-0.2, -0.15) is 0 Å². The number of nitrogens with zero attached hydrogens (tertiary/aromatic N) is 2. The van der Waals surface area contributed by atoms with Crippen LogP contribution in [-0.4, -0.2) is 27.3 Å². The van der Waals surface area contributed by atoms with Crippen LogP contribution in [0.2, 0.25) is 0 Å². The Kier molecular flexibility index (Phi) is 6.52. The van der Waals surface area contributed by atoms with Gasteiger partial charge in [0.1, 0.15) is 0 Å². The smallest absolute Gasteiger partial charge is 0.262 e. The van der Waals surface area contributed by atoms with E-state index in [4.69, 9.17) is 0 Å². The summed E-state index contributed by atoms with van der Waals surface area (Å²) in [4.78, 5) is 30.0. The van der Waals surface area contributed by atoms with Gasteiger partial charge in [-0.05, 0) is 30.5 Å². The normalized spacial score (nSPS) is 12.3. The zero-order valence-corrected chi connectivity index (χ0v) is 17.2. The first-order valence-corrected chi connectivity index (χ1v) is 10.4. The number of nitrogens with one attached hydrogen (secondary N) is 1. The molecule has 3 rings (SSSR count). The number of aromatic nitrogens is 2. The Hall–Kier alpha value is -2.60. The Morgan fingerprint density at radius 1 is 1.07 bits per heavy atom. The fourth-order valence-electron chi connectivity index (χ4n) is 2.76. The number of fused-ring (bicyclic) bond motifs is 1. The van der Waals surface area contributed by atoms with Gasteiger partial charge in [0.25, 0.3) is 5.56 Å². The van der Waals surface area contributed by atoms with Crippen molar-refractivity contribution in [3.8, 4) is 0 Å². The molecule has 2 aromatic carbocycles. The van der Waals surface area contributed by atoms with Crippen LogP contribution < -0.4 is 10.9 Å². The van der Waals surface area contributed by atoms with Gasteiger partial charge in [-0.25, -0.2) is 4.98 Å². The van der Waals surface area contributed by atoms with E-state index in [-0.39, 0.29) is 23.3 Å². The van der Waals surface area contributed by atoms with E-state index in [1.54, 1.807) is 10.6 Å². The molecule has 5 nitrogen and oxygen atoms in total. The molecular formula is C22H25N3O2S. The van der Waals surface area contributed by atoms with Gasteiger partial charge in [0.15, 0.2) is 5.16 Å². The first-order valence-electron chi connectivity index (χ1n) is 9.41. The fourth-order valence-corrected chi connectivity index (χ4v) is 3.57. The number of thioether (sulfide) groups is 1. The molecular weight excluding hydrogens is 370 g/mol. The molecule has 1 heterocycles. The van der Waals surface area contributed by atoms with Gasteiger partial charge in [0.05, 0.1) is 23.2 Å². The van der Waals surface area contributed by atoms with Crippen molar-refractivity contribution in [2.45, 2.75) is 38.5 Å². The molecule has 1 atom stereocenters. The number of benzene rings is 2. The zero-order chi connectivity index (χ0) is 20.1. The molecule has 0 unspecified atom stereocenters. The van der Waals surface area contributed by atoms with Gasteiger partial charge in [-0.3, -0.25) is 14.2 Å². The van der Waals surface area contributed by atoms with E-state index >= 15 is 0 Å². The Bertz CT molecular complexity index is 1020. The highest BCUT2D eigenvalue weighted by molar-refractivity contribution is 7.99. The summed E-state index contributed by atoms with van der Waals surface area (Å²) in [5, 5.41) is 4.13. The maximum atomic E-state index is 13.1. The van der Waals surface area contributed by atoms with E-state index < -0.39 is 0 Å². The lowest BCUT2D eigenvalue weighted by Gasteiger charge is -2.17. The van der Waals surface area contributed by atoms with Crippen LogP contribution >= 0.6 is 11.8 Å². The van der Waals surface area contributed by atoms with E-state index in [1.165, 1.54) is 11.8 Å². The molecule has 0 saturated heterocycles. The molecule has 146 valence electrons. The highest BCUT2D eigenvalue weighted by atomic mass is 32.2. The van der Waals surface area contributed by atoms with Crippen LogP contribution in [0.5, 0.6) is 0 Å². The van der Waals surface area contributed by atoms with Crippen molar-refractivity contribution >= 4 is 28.6 Å². The highest BCUT2D eigenvalue weighted by Gasteiger charge is 2.15. The first kappa shape index (κ1) is 20.1. The summed E-state index contributed by atoms with van der Waals surface area (Å²) < 4.78 is 1.65. The number of carbonyl (C=O) groups is 1. The fraction of sp³-hybridized carbons (Fsp3) is 0.318. The lowest BCUT2D eigenvalue weighted by Crippen LogP contribution is -2.37. The van der Waals surface area contributed by atoms with Crippen molar-refractivity contribution in [1.82, 2.24) is 14.9 Å². The summed E-state index contributed by atoms with van der Waals surface area (Å²) in [6.07, 6.45) is 0. The quantitative estimate of drug-likeness (QED) is 0.489. The summed E-state index contributed by atoms with van der Waals surface area (Å²) in [5.41, 5.74) is 1.57. The maximum absolute atomic E-state index is 13.1. The average molecular weight is 396 g/mol. The van der Waals surface area contributed by atoms with Gasteiger partial charge in [0, 0.05) is 6.04 Å². The molecule has 28 heavy (non-hydrogen) atoms. The van der Waals surface area contributed by atoms with Gasteiger partial charge in [-0.1, -0.05) is 68.1 Å². The molecule has 0 aliphatic heterocycles. The van der Waals surface area contributed by atoms with Crippen molar-refractivity contribution in [3.63, 3.8) is 0 Å². The monoisotopic (exact) mass is 395 g/mol. The molecule has 3 aromatic rings.